The molecule has 0 atom stereocenters. The predicted molar refractivity (Wildman–Crippen MR) is 79.3 cm³/mol. The van der Waals surface area contributed by atoms with Gasteiger partial charge in [0.05, 0.1) is 6.61 Å². The van der Waals surface area contributed by atoms with E-state index in [2.05, 4.69) is 20.9 Å². The van der Waals surface area contributed by atoms with Crippen LogP contribution in [0.4, 0.5) is 5.82 Å². The van der Waals surface area contributed by atoms with E-state index in [1.165, 1.54) is 0 Å². The van der Waals surface area contributed by atoms with Gasteiger partial charge in [-0.3, -0.25) is 4.79 Å². The van der Waals surface area contributed by atoms with Gasteiger partial charge in [0.15, 0.2) is 0 Å². The molecule has 0 bridgehead atoms. The fourth-order valence-corrected chi connectivity index (χ4v) is 2.43. The molecule has 0 saturated carbocycles. The van der Waals surface area contributed by atoms with Crippen LogP contribution in [0.15, 0.2) is 34.9 Å². The van der Waals surface area contributed by atoms with Gasteiger partial charge in [0, 0.05) is 28.5 Å². The number of anilines is 1. The number of benzene rings is 1. The molecule has 1 aromatic heterocycles. The third-order valence-electron chi connectivity index (χ3n) is 2.77. The van der Waals surface area contributed by atoms with Crippen LogP contribution in [0.2, 0.25) is 0 Å². The fourth-order valence-electron chi connectivity index (χ4n) is 1.93. The summed E-state index contributed by atoms with van der Waals surface area (Å²) >= 11 is 3.52. The molecular formula is C14H15BrN2O2. The smallest absolute Gasteiger partial charge is 0.325 e. The summed E-state index contributed by atoms with van der Waals surface area (Å²) in [6, 6.07) is 7.87. The van der Waals surface area contributed by atoms with Crippen LogP contribution >= 0.6 is 15.9 Å². The normalized spacial score (nSPS) is 10.5. The number of halogens is 1. The number of carbonyl (C=O) groups is 1. The number of aromatic nitrogens is 1. The van der Waals surface area contributed by atoms with Crippen molar-refractivity contribution in [3.05, 3.63) is 34.9 Å². The first-order valence-electron chi connectivity index (χ1n) is 6.03. The van der Waals surface area contributed by atoms with Crippen molar-refractivity contribution in [1.82, 2.24) is 4.98 Å². The number of fused-ring (bicyclic) bond motifs is 1. The molecule has 0 N–H and O–H groups in total. The second-order valence-electron chi connectivity index (χ2n) is 4.13. The third kappa shape index (κ3) is 3.04. The highest BCUT2D eigenvalue weighted by atomic mass is 79.9. The van der Waals surface area contributed by atoms with Gasteiger partial charge in [0.1, 0.15) is 12.4 Å². The topological polar surface area (TPSA) is 42.4 Å². The standard InChI is InChI=1S/C14H15BrN2O2/c1-3-19-13(18)9-17(2)14-11-5-4-6-12(15)10(11)7-8-16-14/h4-8H,3,9H2,1-2H3. The van der Waals surface area contributed by atoms with Crippen molar-refractivity contribution >= 4 is 38.5 Å². The van der Waals surface area contributed by atoms with Gasteiger partial charge in [-0.1, -0.05) is 28.1 Å². The molecule has 5 heteroatoms. The van der Waals surface area contributed by atoms with Crippen LogP contribution in [0.1, 0.15) is 6.92 Å². The highest BCUT2D eigenvalue weighted by Crippen LogP contribution is 2.29. The first-order chi connectivity index (χ1) is 9.13. The second kappa shape index (κ2) is 6.02. The number of hydrogen-bond acceptors (Lipinski definition) is 4. The van der Waals surface area contributed by atoms with E-state index in [4.69, 9.17) is 4.74 Å². The number of pyridine rings is 1. The summed E-state index contributed by atoms with van der Waals surface area (Å²) in [7, 11) is 1.83. The van der Waals surface area contributed by atoms with Gasteiger partial charge in [-0.25, -0.2) is 4.98 Å². The summed E-state index contributed by atoms with van der Waals surface area (Å²) in [5, 5.41) is 2.08. The van der Waals surface area contributed by atoms with E-state index < -0.39 is 0 Å². The molecule has 0 radical (unpaired) electrons. The molecule has 2 rings (SSSR count). The van der Waals surface area contributed by atoms with Crippen LogP contribution in [0.5, 0.6) is 0 Å². The van der Waals surface area contributed by atoms with Crippen molar-refractivity contribution < 1.29 is 9.53 Å². The zero-order chi connectivity index (χ0) is 13.8. The van der Waals surface area contributed by atoms with Crippen LogP contribution in [0.25, 0.3) is 10.8 Å². The second-order valence-corrected chi connectivity index (χ2v) is 4.98. The number of hydrogen-bond donors (Lipinski definition) is 0. The Morgan fingerprint density at radius 2 is 2.16 bits per heavy atom. The lowest BCUT2D eigenvalue weighted by Crippen LogP contribution is -2.27. The Labute approximate surface area is 120 Å². The van der Waals surface area contributed by atoms with Crippen molar-refractivity contribution in [3.8, 4) is 0 Å². The quantitative estimate of drug-likeness (QED) is 0.811. The van der Waals surface area contributed by atoms with Crippen molar-refractivity contribution in [2.24, 2.45) is 0 Å². The molecule has 0 unspecified atom stereocenters. The van der Waals surface area contributed by atoms with E-state index in [0.29, 0.717) is 6.61 Å². The van der Waals surface area contributed by atoms with E-state index in [9.17, 15) is 4.79 Å². The Balaban J connectivity index is 2.34. The lowest BCUT2D eigenvalue weighted by Gasteiger charge is -2.19. The SMILES string of the molecule is CCOC(=O)CN(C)c1nccc2c(Br)cccc12. The van der Waals surface area contributed by atoms with Crippen LogP contribution in [0.3, 0.4) is 0 Å². The minimum absolute atomic E-state index is 0.187. The molecule has 4 nitrogen and oxygen atoms in total. The lowest BCUT2D eigenvalue weighted by atomic mass is 10.1. The Morgan fingerprint density at radius 3 is 2.89 bits per heavy atom. The molecule has 100 valence electrons. The number of likely N-dealkylation sites (N-methyl/N-ethyl adjacent to an activating group) is 1. The monoisotopic (exact) mass is 322 g/mol. The molecule has 0 fully saturated rings. The average molecular weight is 323 g/mol. The summed E-state index contributed by atoms with van der Waals surface area (Å²) in [4.78, 5) is 17.7. The van der Waals surface area contributed by atoms with Crippen LogP contribution in [-0.2, 0) is 9.53 Å². The lowest BCUT2D eigenvalue weighted by molar-refractivity contribution is -0.141. The molecule has 0 aliphatic heterocycles. The number of carbonyl (C=O) groups excluding carboxylic acids is 1. The minimum atomic E-state index is -0.251. The van der Waals surface area contributed by atoms with Crippen LogP contribution in [0, 0.1) is 0 Å². The van der Waals surface area contributed by atoms with Crippen molar-refractivity contribution in [1.29, 1.82) is 0 Å². The zero-order valence-electron chi connectivity index (χ0n) is 10.9. The molecule has 0 aliphatic rings. The molecule has 0 amide bonds. The molecule has 1 heterocycles. The van der Waals surface area contributed by atoms with Gasteiger partial charge in [-0.2, -0.15) is 0 Å². The molecule has 19 heavy (non-hydrogen) atoms. The van der Waals surface area contributed by atoms with E-state index >= 15 is 0 Å². The summed E-state index contributed by atoms with van der Waals surface area (Å²) < 4.78 is 5.96. The number of rotatable bonds is 4. The minimum Gasteiger partial charge on any atom is -0.465 e. The Morgan fingerprint density at radius 1 is 1.37 bits per heavy atom. The van der Waals surface area contributed by atoms with Gasteiger partial charge in [0.25, 0.3) is 0 Å². The molecular weight excluding hydrogens is 308 g/mol. The number of ether oxygens (including phenoxy) is 1. The van der Waals surface area contributed by atoms with E-state index in [-0.39, 0.29) is 12.5 Å². The largest absolute Gasteiger partial charge is 0.465 e. The first-order valence-corrected chi connectivity index (χ1v) is 6.82. The zero-order valence-corrected chi connectivity index (χ0v) is 12.5. The molecule has 0 spiro atoms. The van der Waals surface area contributed by atoms with Gasteiger partial charge >= 0.3 is 5.97 Å². The average Bonchev–Trinajstić information content (AvgIpc) is 2.38. The van der Waals surface area contributed by atoms with Crippen LogP contribution < -0.4 is 4.90 Å². The van der Waals surface area contributed by atoms with Gasteiger partial charge < -0.3 is 9.64 Å². The predicted octanol–water partition coefficient (Wildman–Crippen LogP) is 3.00. The molecule has 0 saturated heterocycles. The highest BCUT2D eigenvalue weighted by molar-refractivity contribution is 9.10. The Hall–Kier alpha value is -1.62. The molecule has 2 aromatic rings. The summed E-state index contributed by atoms with van der Waals surface area (Å²) in [6.45, 7) is 2.37. The molecule has 1 aromatic carbocycles. The number of nitrogens with zero attached hydrogens (tertiary/aromatic N) is 2. The summed E-state index contributed by atoms with van der Waals surface area (Å²) in [6.07, 6.45) is 1.74. The summed E-state index contributed by atoms with van der Waals surface area (Å²) in [5.41, 5.74) is 0. The van der Waals surface area contributed by atoms with E-state index in [0.717, 1.165) is 21.1 Å². The van der Waals surface area contributed by atoms with Crippen molar-refractivity contribution in [2.45, 2.75) is 6.92 Å². The Bertz CT molecular complexity index is 601. The number of esters is 1. The third-order valence-corrected chi connectivity index (χ3v) is 3.46. The van der Waals surface area contributed by atoms with Crippen molar-refractivity contribution in [3.63, 3.8) is 0 Å². The first kappa shape index (κ1) is 13.8. The van der Waals surface area contributed by atoms with Gasteiger partial charge in [-0.05, 0) is 19.1 Å². The van der Waals surface area contributed by atoms with Gasteiger partial charge in [0.2, 0.25) is 0 Å². The Kier molecular flexibility index (Phi) is 4.37. The maximum Gasteiger partial charge on any atom is 0.325 e. The van der Waals surface area contributed by atoms with Gasteiger partial charge in [-0.15, -0.1) is 0 Å². The maximum absolute atomic E-state index is 11.5. The van der Waals surface area contributed by atoms with E-state index in [1.807, 2.05) is 31.3 Å². The highest BCUT2D eigenvalue weighted by Gasteiger charge is 2.12. The fraction of sp³-hybridized carbons (Fsp3) is 0.286. The van der Waals surface area contributed by atoms with Crippen molar-refractivity contribution in [2.75, 3.05) is 25.1 Å². The molecule has 0 aliphatic carbocycles. The van der Waals surface area contributed by atoms with Crippen LogP contribution in [-0.4, -0.2) is 31.2 Å². The summed E-state index contributed by atoms with van der Waals surface area (Å²) in [5.74, 6) is 0.519. The maximum atomic E-state index is 11.5. The van der Waals surface area contributed by atoms with E-state index in [1.54, 1.807) is 18.0 Å².